The van der Waals surface area contributed by atoms with Crippen molar-refractivity contribution in [3.8, 4) is 0 Å². The van der Waals surface area contributed by atoms with Crippen LogP contribution in [-0.4, -0.2) is 5.11 Å². The van der Waals surface area contributed by atoms with Crippen LogP contribution in [0.3, 0.4) is 0 Å². The highest BCUT2D eigenvalue weighted by atomic mass is 19.2. The first-order chi connectivity index (χ1) is 9.63. The third-order valence-electron chi connectivity index (χ3n) is 4.38. The molecule has 20 heavy (non-hydrogen) atoms. The second kappa shape index (κ2) is 4.98. The summed E-state index contributed by atoms with van der Waals surface area (Å²) in [5.74, 6) is -1.80. The Hall–Kier alpha value is -1.74. The van der Waals surface area contributed by atoms with Crippen LogP contribution in [0.4, 0.5) is 8.78 Å². The molecule has 2 aromatic rings. The molecule has 0 radical (unpaired) electrons. The molecule has 1 aliphatic carbocycles. The van der Waals surface area contributed by atoms with Gasteiger partial charge in [-0.25, -0.2) is 8.78 Å². The Labute approximate surface area is 116 Å². The van der Waals surface area contributed by atoms with Crippen molar-refractivity contribution in [2.75, 3.05) is 0 Å². The largest absolute Gasteiger partial charge is 0.387 e. The highest BCUT2D eigenvalue weighted by Crippen LogP contribution is 2.52. The molecular weight excluding hydrogens is 258 g/mol. The van der Waals surface area contributed by atoms with Gasteiger partial charge in [-0.05, 0) is 36.1 Å². The van der Waals surface area contributed by atoms with Crippen molar-refractivity contribution in [3.05, 3.63) is 71.3 Å². The van der Waals surface area contributed by atoms with Gasteiger partial charge in [0.25, 0.3) is 0 Å². The van der Waals surface area contributed by atoms with E-state index >= 15 is 0 Å². The van der Waals surface area contributed by atoms with Gasteiger partial charge >= 0.3 is 0 Å². The first kappa shape index (κ1) is 13.3. The van der Waals surface area contributed by atoms with Crippen LogP contribution in [0.5, 0.6) is 0 Å². The topological polar surface area (TPSA) is 20.2 Å². The van der Waals surface area contributed by atoms with E-state index in [0.29, 0.717) is 5.56 Å². The summed E-state index contributed by atoms with van der Waals surface area (Å²) in [5.41, 5.74) is 1.13. The Kier molecular flexibility index (Phi) is 3.30. The van der Waals surface area contributed by atoms with E-state index in [4.69, 9.17) is 0 Å². The van der Waals surface area contributed by atoms with Crippen molar-refractivity contribution in [1.82, 2.24) is 0 Å². The summed E-state index contributed by atoms with van der Waals surface area (Å²) >= 11 is 0. The summed E-state index contributed by atoms with van der Waals surface area (Å²) in [6, 6.07) is 13.4. The van der Waals surface area contributed by atoms with Gasteiger partial charge in [-0.2, -0.15) is 0 Å². The maximum absolute atomic E-state index is 13.4. The number of hydrogen-bond donors (Lipinski definition) is 1. The minimum Gasteiger partial charge on any atom is -0.387 e. The molecule has 1 N–H and O–H groups in total. The molecule has 0 bridgehead atoms. The van der Waals surface area contributed by atoms with E-state index in [-0.39, 0.29) is 5.41 Å². The van der Waals surface area contributed by atoms with Gasteiger partial charge in [0.15, 0.2) is 11.6 Å². The molecule has 0 spiro atoms. The average Bonchev–Trinajstić information content (AvgIpc) is 2.42. The Morgan fingerprint density at radius 3 is 2.20 bits per heavy atom. The monoisotopic (exact) mass is 274 g/mol. The molecule has 0 saturated heterocycles. The molecular formula is C17H16F2O. The zero-order valence-electron chi connectivity index (χ0n) is 11.0. The van der Waals surface area contributed by atoms with Crippen molar-refractivity contribution in [2.24, 2.45) is 0 Å². The Morgan fingerprint density at radius 2 is 1.65 bits per heavy atom. The van der Waals surface area contributed by atoms with Crippen molar-refractivity contribution in [3.63, 3.8) is 0 Å². The third kappa shape index (κ3) is 2.02. The number of aliphatic hydroxyl groups excluding tert-OH is 1. The number of rotatable bonds is 3. The highest BCUT2D eigenvalue weighted by molar-refractivity contribution is 5.34. The molecule has 104 valence electrons. The van der Waals surface area contributed by atoms with Crippen LogP contribution < -0.4 is 0 Å². The standard InChI is InChI=1S/C17H16F2O/c18-14-8-7-12(11-15(14)19)16(20)17(9-4-10-17)13-5-2-1-3-6-13/h1-3,5-8,11,16,20H,4,9-10H2. The van der Waals surface area contributed by atoms with E-state index in [0.717, 1.165) is 37.0 Å². The fraction of sp³-hybridized carbons (Fsp3) is 0.294. The van der Waals surface area contributed by atoms with Crippen LogP contribution >= 0.6 is 0 Å². The lowest BCUT2D eigenvalue weighted by Gasteiger charge is -2.46. The SMILES string of the molecule is OC(c1ccc(F)c(F)c1)C1(c2ccccc2)CCC1. The van der Waals surface area contributed by atoms with E-state index in [2.05, 4.69) is 0 Å². The second-order valence-corrected chi connectivity index (χ2v) is 5.45. The smallest absolute Gasteiger partial charge is 0.159 e. The first-order valence-electron chi connectivity index (χ1n) is 6.82. The van der Waals surface area contributed by atoms with Crippen LogP contribution in [-0.2, 0) is 5.41 Å². The maximum atomic E-state index is 13.4. The van der Waals surface area contributed by atoms with Gasteiger partial charge in [-0.15, -0.1) is 0 Å². The van der Waals surface area contributed by atoms with Gasteiger partial charge in [0.2, 0.25) is 0 Å². The lowest BCUT2D eigenvalue weighted by Crippen LogP contribution is -2.40. The predicted octanol–water partition coefficient (Wildman–Crippen LogP) is 4.12. The van der Waals surface area contributed by atoms with Crippen LogP contribution in [0, 0.1) is 11.6 Å². The summed E-state index contributed by atoms with van der Waals surface area (Å²) < 4.78 is 26.4. The van der Waals surface area contributed by atoms with Gasteiger partial charge < -0.3 is 5.11 Å². The van der Waals surface area contributed by atoms with Gasteiger partial charge in [-0.3, -0.25) is 0 Å². The Bertz CT molecular complexity index is 606. The molecule has 1 fully saturated rings. The van der Waals surface area contributed by atoms with Crippen molar-refractivity contribution in [1.29, 1.82) is 0 Å². The molecule has 1 nitrogen and oxygen atoms in total. The quantitative estimate of drug-likeness (QED) is 0.892. The molecule has 0 heterocycles. The molecule has 1 atom stereocenters. The van der Waals surface area contributed by atoms with Crippen molar-refractivity contribution < 1.29 is 13.9 Å². The third-order valence-corrected chi connectivity index (χ3v) is 4.38. The highest BCUT2D eigenvalue weighted by Gasteiger charge is 2.45. The zero-order chi connectivity index (χ0) is 14.2. The lowest BCUT2D eigenvalue weighted by atomic mass is 9.60. The minimum atomic E-state index is -0.913. The molecule has 3 heteroatoms. The molecule has 1 saturated carbocycles. The van der Waals surface area contributed by atoms with Crippen LogP contribution in [0.25, 0.3) is 0 Å². The predicted molar refractivity (Wildman–Crippen MR) is 73.3 cm³/mol. The van der Waals surface area contributed by atoms with Crippen LogP contribution in [0.15, 0.2) is 48.5 Å². The number of benzene rings is 2. The van der Waals surface area contributed by atoms with Crippen LogP contribution in [0.2, 0.25) is 0 Å². The van der Waals surface area contributed by atoms with E-state index in [1.165, 1.54) is 6.07 Å². The second-order valence-electron chi connectivity index (χ2n) is 5.45. The minimum absolute atomic E-state index is 0.370. The molecule has 0 aliphatic heterocycles. The van der Waals surface area contributed by atoms with Crippen LogP contribution in [0.1, 0.15) is 36.5 Å². The Balaban J connectivity index is 1.99. The molecule has 1 aliphatic rings. The molecule has 1 unspecified atom stereocenters. The average molecular weight is 274 g/mol. The summed E-state index contributed by atoms with van der Waals surface area (Å²) in [7, 11) is 0. The molecule has 3 rings (SSSR count). The number of hydrogen-bond acceptors (Lipinski definition) is 1. The van der Waals surface area contributed by atoms with E-state index in [9.17, 15) is 13.9 Å². The van der Waals surface area contributed by atoms with E-state index < -0.39 is 17.7 Å². The zero-order valence-corrected chi connectivity index (χ0v) is 11.0. The maximum Gasteiger partial charge on any atom is 0.159 e. The first-order valence-corrected chi connectivity index (χ1v) is 6.82. The molecule has 2 aromatic carbocycles. The molecule has 0 amide bonds. The Morgan fingerprint density at radius 1 is 0.950 bits per heavy atom. The van der Waals surface area contributed by atoms with E-state index in [1.54, 1.807) is 0 Å². The molecule has 0 aromatic heterocycles. The summed E-state index contributed by atoms with van der Waals surface area (Å²) in [4.78, 5) is 0. The van der Waals surface area contributed by atoms with E-state index in [1.807, 2.05) is 30.3 Å². The van der Waals surface area contributed by atoms with Crippen molar-refractivity contribution >= 4 is 0 Å². The number of aliphatic hydroxyl groups is 1. The van der Waals surface area contributed by atoms with Gasteiger partial charge in [-0.1, -0.05) is 42.8 Å². The summed E-state index contributed by atoms with van der Waals surface area (Å²) in [6.45, 7) is 0. The van der Waals surface area contributed by atoms with Gasteiger partial charge in [0, 0.05) is 5.41 Å². The van der Waals surface area contributed by atoms with Gasteiger partial charge in [0.1, 0.15) is 0 Å². The van der Waals surface area contributed by atoms with Gasteiger partial charge in [0.05, 0.1) is 6.10 Å². The summed E-state index contributed by atoms with van der Waals surface area (Å²) in [6.07, 6.45) is 1.94. The fourth-order valence-electron chi connectivity index (χ4n) is 3.05. The van der Waals surface area contributed by atoms with Crippen molar-refractivity contribution in [2.45, 2.75) is 30.8 Å². The lowest BCUT2D eigenvalue weighted by molar-refractivity contribution is 0.0265. The number of halogens is 2. The fourth-order valence-corrected chi connectivity index (χ4v) is 3.05. The summed E-state index contributed by atoms with van der Waals surface area (Å²) in [5, 5.41) is 10.7. The normalized spacial score (nSPS) is 18.4.